The van der Waals surface area contributed by atoms with Crippen LogP contribution < -0.4 is 15.2 Å². The van der Waals surface area contributed by atoms with Gasteiger partial charge in [-0.3, -0.25) is 0 Å². The molecule has 2 aromatic carbocycles. The van der Waals surface area contributed by atoms with Crippen LogP contribution in [-0.4, -0.2) is 7.11 Å². The predicted octanol–water partition coefficient (Wildman–Crippen LogP) is 3.97. The van der Waals surface area contributed by atoms with Crippen LogP contribution in [0, 0.1) is 5.82 Å². The minimum absolute atomic E-state index is 0.373. The summed E-state index contributed by atoms with van der Waals surface area (Å²) in [4.78, 5) is 0. The van der Waals surface area contributed by atoms with E-state index in [-0.39, 0.29) is 5.82 Å². The van der Waals surface area contributed by atoms with Crippen LogP contribution in [0.3, 0.4) is 0 Å². The number of halogens is 2. The van der Waals surface area contributed by atoms with Crippen LogP contribution in [0.2, 0.25) is 0 Å². The van der Waals surface area contributed by atoms with Gasteiger partial charge in [0, 0.05) is 16.6 Å². The van der Waals surface area contributed by atoms with E-state index >= 15 is 0 Å². The summed E-state index contributed by atoms with van der Waals surface area (Å²) in [6.07, 6.45) is 0. The highest BCUT2D eigenvalue weighted by Gasteiger charge is 2.05. The van der Waals surface area contributed by atoms with Gasteiger partial charge in [-0.2, -0.15) is 0 Å². The third-order valence-electron chi connectivity index (χ3n) is 2.28. The number of nitrogens with two attached hydrogens (primary N) is 1. The van der Waals surface area contributed by atoms with Gasteiger partial charge < -0.3 is 15.2 Å². The molecule has 5 heteroatoms. The Morgan fingerprint density at radius 1 is 1.11 bits per heavy atom. The van der Waals surface area contributed by atoms with Gasteiger partial charge in [-0.25, -0.2) is 4.39 Å². The maximum Gasteiger partial charge on any atom is 0.145 e. The van der Waals surface area contributed by atoms with Gasteiger partial charge in [0.05, 0.1) is 12.8 Å². The van der Waals surface area contributed by atoms with Gasteiger partial charge in [-0.15, -0.1) is 0 Å². The van der Waals surface area contributed by atoms with Crippen LogP contribution in [0.5, 0.6) is 17.2 Å². The van der Waals surface area contributed by atoms with E-state index in [1.54, 1.807) is 24.3 Å². The molecular weight excluding hydrogens is 301 g/mol. The SMILES string of the molecule is COc1cc(Oc2cc(F)cc(Br)c2)ccc1N. The van der Waals surface area contributed by atoms with Crippen molar-refractivity contribution >= 4 is 21.6 Å². The van der Waals surface area contributed by atoms with Crippen LogP contribution in [0.25, 0.3) is 0 Å². The van der Waals surface area contributed by atoms with Gasteiger partial charge in [0.15, 0.2) is 0 Å². The maximum atomic E-state index is 13.2. The maximum absolute atomic E-state index is 13.2. The smallest absolute Gasteiger partial charge is 0.145 e. The van der Waals surface area contributed by atoms with Gasteiger partial charge in [-0.1, -0.05) is 15.9 Å². The molecule has 18 heavy (non-hydrogen) atoms. The Bertz CT molecular complexity index is 555. The highest BCUT2D eigenvalue weighted by atomic mass is 79.9. The summed E-state index contributed by atoms with van der Waals surface area (Å²) in [5.41, 5.74) is 6.21. The van der Waals surface area contributed by atoms with Crippen molar-refractivity contribution < 1.29 is 13.9 Å². The molecular formula is C13H11BrFNO2. The molecule has 0 bridgehead atoms. The number of methoxy groups -OCH3 is 1. The van der Waals surface area contributed by atoms with Crippen molar-refractivity contribution in [2.45, 2.75) is 0 Å². The Hall–Kier alpha value is -1.75. The second-order valence-electron chi connectivity index (χ2n) is 3.61. The van der Waals surface area contributed by atoms with Crippen molar-refractivity contribution in [2.24, 2.45) is 0 Å². The lowest BCUT2D eigenvalue weighted by atomic mass is 10.3. The minimum atomic E-state index is -0.373. The van der Waals surface area contributed by atoms with E-state index in [4.69, 9.17) is 15.2 Å². The van der Waals surface area contributed by atoms with Crippen LogP contribution in [-0.2, 0) is 0 Å². The van der Waals surface area contributed by atoms with Crippen molar-refractivity contribution in [1.29, 1.82) is 0 Å². The van der Waals surface area contributed by atoms with Crippen molar-refractivity contribution in [1.82, 2.24) is 0 Å². The molecule has 0 aliphatic heterocycles. The molecule has 2 aromatic rings. The molecule has 0 spiro atoms. The second-order valence-corrected chi connectivity index (χ2v) is 4.53. The molecule has 0 atom stereocenters. The lowest BCUT2D eigenvalue weighted by Crippen LogP contribution is -1.93. The largest absolute Gasteiger partial charge is 0.494 e. The summed E-state index contributed by atoms with van der Waals surface area (Å²) < 4.78 is 24.4. The number of rotatable bonds is 3. The summed E-state index contributed by atoms with van der Waals surface area (Å²) in [6, 6.07) is 9.34. The zero-order valence-electron chi connectivity index (χ0n) is 9.61. The van der Waals surface area contributed by atoms with E-state index in [1.165, 1.54) is 19.2 Å². The molecule has 0 amide bonds. The number of hydrogen-bond acceptors (Lipinski definition) is 3. The standard InChI is InChI=1S/C13H11BrFNO2/c1-17-13-7-10(2-3-12(13)16)18-11-5-8(14)4-9(15)6-11/h2-7H,16H2,1H3. The first kappa shape index (κ1) is 12.7. The fourth-order valence-corrected chi connectivity index (χ4v) is 1.92. The van der Waals surface area contributed by atoms with Crippen molar-refractivity contribution in [3.63, 3.8) is 0 Å². The van der Waals surface area contributed by atoms with E-state index in [1.807, 2.05) is 0 Å². The molecule has 0 unspecified atom stereocenters. The van der Waals surface area contributed by atoms with E-state index in [2.05, 4.69) is 15.9 Å². The van der Waals surface area contributed by atoms with Gasteiger partial charge in [0.1, 0.15) is 23.1 Å². The highest BCUT2D eigenvalue weighted by Crippen LogP contribution is 2.31. The molecule has 0 fully saturated rings. The highest BCUT2D eigenvalue weighted by molar-refractivity contribution is 9.10. The molecule has 2 rings (SSSR count). The Morgan fingerprint density at radius 2 is 1.89 bits per heavy atom. The lowest BCUT2D eigenvalue weighted by molar-refractivity contribution is 0.411. The van der Waals surface area contributed by atoms with E-state index in [9.17, 15) is 4.39 Å². The predicted molar refractivity (Wildman–Crippen MR) is 71.6 cm³/mol. The molecule has 0 saturated heterocycles. The molecule has 0 heterocycles. The van der Waals surface area contributed by atoms with Gasteiger partial charge in [0.25, 0.3) is 0 Å². The molecule has 0 saturated carbocycles. The Labute approximate surface area is 112 Å². The van der Waals surface area contributed by atoms with Crippen LogP contribution >= 0.6 is 15.9 Å². The Balaban J connectivity index is 2.28. The first-order valence-corrected chi connectivity index (χ1v) is 5.95. The molecule has 0 radical (unpaired) electrons. The summed E-state index contributed by atoms with van der Waals surface area (Å²) in [7, 11) is 1.52. The zero-order chi connectivity index (χ0) is 13.1. The lowest BCUT2D eigenvalue weighted by Gasteiger charge is -2.09. The van der Waals surface area contributed by atoms with E-state index < -0.39 is 0 Å². The van der Waals surface area contributed by atoms with E-state index in [0.29, 0.717) is 27.4 Å². The third kappa shape index (κ3) is 2.92. The quantitative estimate of drug-likeness (QED) is 0.872. The zero-order valence-corrected chi connectivity index (χ0v) is 11.2. The number of ether oxygens (including phenoxy) is 2. The molecule has 0 aliphatic rings. The number of anilines is 1. The molecule has 94 valence electrons. The van der Waals surface area contributed by atoms with Crippen LogP contribution in [0.4, 0.5) is 10.1 Å². The van der Waals surface area contributed by atoms with Gasteiger partial charge in [-0.05, 0) is 24.3 Å². The Kier molecular flexibility index (Phi) is 3.72. The first-order valence-electron chi connectivity index (χ1n) is 5.16. The number of hydrogen-bond donors (Lipinski definition) is 1. The summed E-state index contributed by atoms with van der Waals surface area (Å²) >= 11 is 3.20. The molecule has 3 nitrogen and oxygen atoms in total. The van der Waals surface area contributed by atoms with Gasteiger partial charge in [0.2, 0.25) is 0 Å². The summed E-state index contributed by atoms with van der Waals surface area (Å²) in [6.45, 7) is 0. The molecule has 0 aliphatic carbocycles. The fourth-order valence-electron chi connectivity index (χ4n) is 1.48. The summed E-state index contributed by atoms with van der Waals surface area (Å²) in [5.74, 6) is 1.07. The first-order chi connectivity index (χ1) is 8.58. The Morgan fingerprint density at radius 3 is 2.56 bits per heavy atom. The van der Waals surface area contributed by atoms with Crippen molar-refractivity contribution in [3.8, 4) is 17.2 Å². The van der Waals surface area contributed by atoms with Crippen molar-refractivity contribution in [2.75, 3.05) is 12.8 Å². The van der Waals surface area contributed by atoms with Crippen LogP contribution in [0.15, 0.2) is 40.9 Å². The topological polar surface area (TPSA) is 44.5 Å². The minimum Gasteiger partial charge on any atom is -0.494 e. The van der Waals surface area contributed by atoms with Crippen molar-refractivity contribution in [3.05, 3.63) is 46.7 Å². The van der Waals surface area contributed by atoms with E-state index in [0.717, 1.165) is 0 Å². The number of benzene rings is 2. The normalized spacial score (nSPS) is 10.2. The fraction of sp³-hybridized carbons (Fsp3) is 0.0769. The monoisotopic (exact) mass is 311 g/mol. The molecule has 0 aromatic heterocycles. The second kappa shape index (κ2) is 5.27. The summed E-state index contributed by atoms with van der Waals surface area (Å²) in [5, 5.41) is 0. The van der Waals surface area contributed by atoms with Crippen LogP contribution in [0.1, 0.15) is 0 Å². The third-order valence-corrected chi connectivity index (χ3v) is 2.73. The molecule has 2 N–H and O–H groups in total. The van der Waals surface area contributed by atoms with Gasteiger partial charge >= 0.3 is 0 Å². The number of nitrogen functional groups attached to an aromatic ring is 1. The average molecular weight is 312 g/mol. The average Bonchev–Trinajstić information content (AvgIpc) is 2.30.